The molecule has 2 rings (SSSR count). The van der Waals surface area contributed by atoms with Crippen molar-refractivity contribution in [2.24, 2.45) is 5.92 Å². The summed E-state index contributed by atoms with van der Waals surface area (Å²) in [5, 5.41) is 2.96. The van der Waals surface area contributed by atoms with Gasteiger partial charge in [0.2, 0.25) is 0 Å². The Morgan fingerprint density at radius 1 is 1.33 bits per heavy atom. The molecule has 0 saturated carbocycles. The predicted molar refractivity (Wildman–Crippen MR) is 113 cm³/mol. The van der Waals surface area contributed by atoms with E-state index in [1.807, 2.05) is 13.8 Å². The second-order valence-corrected chi connectivity index (χ2v) is 7.78. The van der Waals surface area contributed by atoms with Crippen molar-refractivity contribution in [1.82, 2.24) is 5.32 Å². The van der Waals surface area contributed by atoms with Gasteiger partial charge < -0.3 is 14.8 Å². The number of ether oxygens (including phenoxy) is 2. The number of nitrogens with one attached hydrogen (secondary N) is 1. The second-order valence-electron chi connectivity index (χ2n) is 7.78. The molecule has 0 radical (unpaired) electrons. The molecule has 1 saturated heterocycles. The molecule has 154 valence electrons. The van der Waals surface area contributed by atoms with Gasteiger partial charge in [-0.25, -0.2) is 0 Å². The quantitative estimate of drug-likeness (QED) is 0.543. The maximum absolute atomic E-state index is 11.9. The molecule has 4 nitrogen and oxygen atoms in total. The van der Waals surface area contributed by atoms with Gasteiger partial charge >= 0.3 is 5.97 Å². The Kier molecular flexibility index (Phi) is 12.0. The Hall–Kier alpha value is -1.39. The molecular formula is C23H39NO3. The predicted octanol–water partition coefficient (Wildman–Crippen LogP) is 4.96. The topological polar surface area (TPSA) is 47.6 Å². The van der Waals surface area contributed by atoms with Crippen molar-refractivity contribution in [3.8, 4) is 0 Å². The van der Waals surface area contributed by atoms with Crippen LogP contribution in [0.3, 0.4) is 0 Å². The SMILES string of the molecule is CC=C(C)C.CN[C@H]1COCC(CCCC2=CC=CCC2)CC(C)OC1=O. The molecule has 1 aliphatic carbocycles. The number of carbonyl (C=O) groups is 1. The van der Waals surface area contributed by atoms with E-state index in [1.165, 1.54) is 31.3 Å². The number of likely N-dealkylation sites (N-methyl/N-ethyl adjacent to an activating group) is 1. The summed E-state index contributed by atoms with van der Waals surface area (Å²) in [5.74, 6) is 0.271. The first-order chi connectivity index (χ1) is 13.0. The lowest BCUT2D eigenvalue weighted by atomic mass is 9.93. The third-order valence-corrected chi connectivity index (χ3v) is 5.04. The van der Waals surface area contributed by atoms with Crippen LogP contribution >= 0.6 is 0 Å². The van der Waals surface area contributed by atoms with Crippen molar-refractivity contribution in [1.29, 1.82) is 0 Å². The molecule has 1 fully saturated rings. The molecule has 4 heteroatoms. The lowest BCUT2D eigenvalue weighted by molar-refractivity contribution is -0.151. The van der Waals surface area contributed by atoms with E-state index in [0.717, 1.165) is 19.4 Å². The lowest BCUT2D eigenvalue weighted by Gasteiger charge is -2.20. The summed E-state index contributed by atoms with van der Waals surface area (Å²) in [6.45, 7) is 9.30. The van der Waals surface area contributed by atoms with Gasteiger partial charge in [-0.15, -0.1) is 0 Å². The number of cyclic esters (lactones) is 1. The molecule has 0 aromatic carbocycles. The summed E-state index contributed by atoms with van der Waals surface area (Å²) in [5.41, 5.74) is 2.94. The van der Waals surface area contributed by atoms with Crippen molar-refractivity contribution in [2.45, 2.75) is 78.4 Å². The highest BCUT2D eigenvalue weighted by molar-refractivity contribution is 5.76. The van der Waals surface area contributed by atoms with Gasteiger partial charge in [-0.2, -0.15) is 0 Å². The first-order valence-electron chi connectivity index (χ1n) is 10.4. The lowest BCUT2D eigenvalue weighted by Crippen LogP contribution is -2.40. The van der Waals surface area contributed by atoms with Crippen LogP contribution in [0, 0.1) is 5.92 Å². The van der Waals surface area contributed by atoms with Crippen molar-refractivity contribution in [3.63, 3.8) is 0 Å². The summed E-state index contributed by atoms with van der Waals surface area (Å²) < 4.78 is 11.2. The summed E-state index contributed by atoms with van der Waals surface area (Å²) in [7, 11) is 1.77. The zero-order chi connectivity index (χ0) is 20.1. The Balaban J connectivity index is 0.000000646. The van der Waals surface area contributed by atoms with E-state index >= 15 is 0 Å². The Morgan fingerprint density at radius 2 is 2.07 bits per heavy atom. The van der Waals surface area contributed by atoms with E-state index in [4.69, 9.17) is 9.47 Å². The van der Waals surface area contributed by atoms with E-state index in [2.05, 4.69) is 43.5 Å². The number of hydrogen-bond acceptors (Lipinski definition) is 4. The minimum atomic E-state index is -0.347. The van der Waals surface area contributed by atoms with Crippen LogP contribution in [0.4, 0.5) is 0 Å². The normalized spacial score (nSPS) is 25.7. The third-order valence-electron chi connectivity index (χ3n) is 5.04. The molecule has 0 aromatic rings. The van der Waals surface area contributed by atoms with E-state index < -0.39 is 0 Å². The van der Waals surface area contributed by atoms with E-state index in [0.29, 0.717) is 12.5 Å². The van der Waals surface area contributed by atoms with Crippen LogP contribution in [0.2, 0.25) is 0 Å². The van der Waals surface area contributed by atoms with Gasteiger partial charge in [-0.3, -0.25) is 4.79 Å². The fourth-order valence-corrected chi connectivity index (χ4v) is 3.17. The van der Waals surface area contributed by atoms with Gasteiger partial charge in [0.25, 0.3) is 0 Å². The second kappa shape index (κ2) is 13.7. The van der Waals surface area contributed by atoms with Crippen molar-refractivity contribution in [2.75, 3.05) is 20.3 Å². The number of hydrogen-bond donors (Lipinski definition) is 1. The highest BCUT2D eigenvalue weighted by atomic mass is 16.5. The Bertz CT molecular complexity index is 518. The van der Waals surface area contributed by atoms with E-state index in [-0.39, 0.29) is 18.1 Å². The van der Waals surface area contributed by atoms with Crippen molar-refractivity contribution >= 4 is 5.97 Å². The van der Waals surface area contributed by atoms with Gasteiger partial charge in [-0.1, -0.05) is 35.5 Å². The number of rotatable bonds is 5. The maximum atomic E-state index is 11.9. The molecule has 0 bridgehead atoms. The van der Waals surface area contributed by atoms with Gasteiger partial charge in [0.15, 0.2) is 0 Å². The number of allylic oxidation sites excluding steroid dienone is 6. The molecule has 1 aliphatic heterocycles. The number of carbonyl (C=O) groups excluding carboxylic acids is 1. The molecule has 0 spiro atoms. The zero-order valence-corrected chi connectivity index (χ0v) is 17.9. The average molecular weight is 378 g/mol. The van der Waals surface area contributed by atoms with Crippen molar-refractivity contribution in [3.05, 3.63) is 35.5 Å². The van der Waals surface area contributed by atoms with Crippen LogP contribution in [0.15, 0.2) is 35.5 Å². The minimum Gasteiger partial charge on any atom is -0.461 e. The van der Waals surface area contributed by atoms with Crippen LogP contribution in [-0.2, 0) is 14.3 Å². The fourth-order valence-electron chi connectivity index (χ4n) is 3.17. The molecule has 1 heterocycles. The Morgan fingerprint density at radius 3 is 2.67 bits per heavy atom. The molecule has 27 heavy (non-hydrogen) atoms. The smallest absolute Gasteiger partial charge is 0.325 e. The summed E-state index contributed by atoms with van der Waals surface area (Å²) in [4.78, 5) is 11.9. The third kappa shape index (κ3) is 10.5. The van der Waals surface area contributed by atoms with E-state index in [1.54, 1.807) is 12.6 Å². The first kappa shape index (κ1) is 23.6. The highest BCUT2D eigenvalue weighted by Crippen LogP contribution is 2.23. The summed E-state index contributed by atoms with van der Waals surface area (Å²) in [6, 6.07) is -0.347. The molecule has 2 unspecified atom stereocenters. The Labute approximate surface area is 166 Å². The van der Waals surface area contributed by atoms with E-state index in [9.17, 15) is 4.79 Å². The fraction of sp³-hybridized carbons (Fsp3) is 0.696. The van der Waals surface area contributed by atoms with Crippen LogP contribution in [0.1, 0.15) is 66.2 Å². The molecule has 3 atom stereocenters. The molecule has 0 aromatic heterocycles. The van der Waals surface area contributed by atoms with Crippen molar-refractivity contribution < 1.29 is 14.3 Å². The van der Waals surface area contributed by atoms with Gasteiger partial charge in [0.05, 0.1) is 12.7 Å². The summed E-state index contributed by atoms with van der Waals surface area (Å²) >= 11 is 0. The highest BCUT2D eigenvalue weighted by Gasteiger charge is 2.25. The average Bonchev–Trinajstić information content (AvgIpc) is 2.71. The monoisotopic (exact) mass is 377 g/mol. The molecular weight excluding hydrogens is 338 g/mol. The standard InChI is InChI=1S/C18H29NO3.C5H10/c1-14-11-16(10-6-9-15-7-4-3-5-8-15)12-21-13-17(19-2)18(20)22-14;1-4-5(2)3/h3-4,7,14,16-17,19H,5-6,8-13H2,1-2H3;4H,1-3H3/t14?,16?,17-;/m0./s1. The van der Waals surface area contributed by atoms with Crippen LogP contribution in [0.25, 0.3) is 0 Å². The number of esters is 1. The van der Waals surface area contributed by atoms with Gasteiger partial charge in [-0.05, 0) is 79.2 Å². The maximum Gasteiger partial charge on any atom is 0.325 e. The first-order valence-corrected chi connectivity index (χ1v) is 10.4. The molecule has 0 amide bonds. The molecule has 2 aliphatic rings. The van der Waals surface area contributed by atoms with Gasteiger partial charge in [0, 0.05) is 6.61 Å². The largest absolute Gasteiger partial charge is 0.461 e. The van der Waals surface area contributed by atoms with Crippen LogP contribution < -0.4 is 5.32 Å². The molecule has 1 N–H and O–H groups in total. The summed E-state index contributed by atoms with van der Waals surface area (Å²) in [6.07, 6.45) is 15.5. The zero-order valence-electron chi connectivity index (χ0n) is 17.9. The van der Waals surface area contributed by atoms with Crippen LogP contribution in [0.5, 0.6) is 0 Å². The minimum absolute atomic E-state index is 0.0353. The van der Waals surface area contributed by atoms with Gasteiger partial charge in [0.1, 0.15) is 6.04 Å². The van der Waals surface area contributed by atoms with Crippen LogP contribution in [-0.4, -0.2) is 38.4 Å².